The summed E-state index contributed by atoms with van der Waals surface area (Å²) in [5.74, 6) is -0.981. The Hall–Kier alpha value is -0.258. The van der Waals surface area contributed by atoms with Crippen LogP contribution in [0.1, 0.15) is 0 Å². The Labute approximate surface area is 46.6 Å². The van der Waals surface area contributed by atoms with E-state index < -0.39 is 5.97 Å². The lowest BCUT2D eigenvalue weighted by Crippen LogP contribution is -1.82. The molecule has 0 aliphatic carbocycles. The number of hydrogen-bond acceptors (Lipinski definition) is 1. The van der Waals surface area contributed by atoms with Crippen molar-refractivity contribution in [2.24, 2.45) is 0 Å². The first kappa shape index (κ1) is 9.22. The molecule has 0 heterocycles. The van der Waals surface area contributed by atoms with Crippen LogP contribution in [0.15, 0.2) is 12.7 Å². The first-order chi connectivity index (χ1) is 2.27. The molecule has 0 aliphatic rings. The molecule has 0 bridgehead atoms. The average Bonchev–Trinajstić information content (AvgIpc) is 1.38. The van der Waals surface area contributed by atoms with Crippen LogP contribution in [-0.4, -0.2) is 28.4 Å². The molecule has 0 spiro atoms. The minimum atomic E-state index is -0.981. The highest BCUT2D eigenvalue weighted by Gasteiger charge is 1.73. The SMILES string of the molecule is C=CC(=O)O.[Al]. The standard InChI is InChI=1S/C3H4O2.Al/c1-2-3(4)5;/h2H,1H2,(H,4,5);. The fourth-order valence-electron chi connectivity index (χ4n) is 0. The molecule has 0 saturated carbocycles. The van der Waals surface area contributed by atoms with Gasteiger partial charge in [-0.2, -0.15) is 0 Å². The fourth-order valence-corrected chi connectivity index (χ4v) is 0. The van der Waals surface area contributed by atoms with Gasteiger partial charge in [-0.25, -0.2) is 4.79 Å². The van der Waals surface area contributed by atoms with E-state index in [9.17, 15) is 4.79 Å². The predicted molar refractivity (Wildman–Crippen MR) is 23.6 cm³/mol. The van der Waals surface area contributed by atoms with Crippen molar-refractivity contribution in [2.45, 2.75) is 0 Å². The second-order valence-electron chi connectivity index (χ2n) is 0.542. The summed E-state index contributed by atoms with van der Waals surface area (Å²) in [5.41, 5.74) is 0. The number of hydrogen-bond donors (Lipinski definition) is 1. The van der Waals surface area contributed by atoms with E-state index in [0.717, 1.165) is 6.08 Å². The Morgan fingerprint density at radius 3 is 2.00 bits per heavy atom. The first-order valence-electron chi connectivity index (χ1n) is 1.12. The third kappa shape index (κ3) is 9.27. The van der Waals surface area contributed by atoms with E-state index in [4.69, 9.17) is 5.11 Å². The monoisotopic (exact) mass is 99.0 g/mol. The average molecular weight is 99.0 g/mol. The maximum Gasteiger partial charge on any atom is 0.327 e. The zero-order valence-electron chi connectivity index (χ0n) is 3.22. The zero-order valence-corrected chi connectivity index (χ0v) is 4.37. The van der Waals surface area contributed by atoms with Gasteiger partial charge in [-0.1, -0.05) is 6.58 Å². The second-order valence-corrected chi connectivity index (χ2v) is 0.542. The molecule has 2 nitrogen and oxygen atoms in total. The molecule has 0 rings (SSSR count). The van der Waals surface area contributed by atoms with E-state index in [2.05, 4.69) is 6.58 Å². The molecule has 0 aromatic carbocycles. The van der Waals surface area contributed by atoms with Gasteiger partial charge in [-0.15, -0.1) is 0 Å². The van der Waals surface area contributed by atoms with Crippen molar-refractivity contribution in [3.63, 3.8) is 0 Å². The van der Waals surface area contributed by atoms with Crippen LogP contribution >= 0.6 is 0 Å². The van der Waals surface area contributed by atoms with E-state index in [0.29, 0.717) is 0 Å². The summed E-state index contributed by atoms with van der Waals surface area (Å²) in [5, 5.41) is 7.60. The summed E-state index contributed by atoms with van der Waals surface area (Å²) in [6.45, 7) is 2.96. The molecule has 1 N–H and O–H groups in total. The fraction of sp³-hybridized carbons (Fsp3) is 0. The molecule has 0 saturated heterocycles. The van der Waals surface area contributed by atoms with E-state index in [1.54, 1.807) is 0 Å². The molecule has 0 aromatic rings. The largest absolute Gasteiger partial charge is 0.478 e. The van der Waals surface area contributed by atoms with Crippen LogP contribution in [0.25, 0.3) is 0 Å². The Morgan fingerprint density at radius 1 is 1.83 bits per heavy atom. The smallest absolute Gasteiger partial charge is 0.327 e. The van der Waals surface area contributed by atoms with E-state index in [-0.39, 0.29) is 17.4 Å². The van der Waals surface area contributed by atoms with Gasteiger partial charge in [0.15, 0.2) is 0 Å². The third-order valence-electron chi connectivity index (χ3n) is 0.175. The molecule has 3 heteroatoms. The molecule has 0 aliphatic heterocycles. The Balaban J connectivity index is 0. The summed E-state index contributed by atoms with van der Waals surface area (Å²) >= 11 is 0. The van der Waals surface area contributed by atoms with E-state index >= 15 is 0 Å². The topological polar surface area (TPSA) is 37.3 Å². The zero-order chi connectivity index (χ0) is 4.28. The van der Waals surface area contributed by atoms with Crippen molar-refractivity contribution in [1.29, 1.82) is 0 Å². The minimum absolute atomic E-state index is 0. The molecule has 0 amide bonds. The lowest BCUT2D eigenvalue weighted by atomic mass is 10.7. The maximum absolute atomic E-state index is 9.25. The molecule has 0 aromatic heterocycles. The summed E-state index contributed by atoms with van der Waals surface area (Å²) in [6.07, 6.45) is 0.833. The van der Waals surface area contributed by atoms with Crippen LogP contribution in [0.2, 0.25) is 0 Å². The molecule has 3 radical (unpaired) electrons. The lowest BCUT2D eigenvalue weighted by molar-refractivity contribution is -0.131. The second kappa shape index (κ2) is 4.74. The van der Waals surface area contributed by atoms with Crippen LogP contribution in [0, 0.1) is 0 Å². The van der Waals surface area contributed by atoms with Crippen LogP contribution in [0.4, 0.5) is 0 Å². The molecule has 0 atom stereocenters. The van der Waals surface area contributed by atoms with Gasteiger partial charge < -0.3 is 5.11 Å². The van der Waals surface area contributed by atoms with Crippen molar-refractivity contribution in [2.75, 3.05) is 0 Å². The Kier molecular flexibility index (Phi) is 7.29. The summed E-state index contributed by atoms with van der Waals surface area (Å²) in [4.78, 5) is 9.25. The number of aliphatic carboxylic acids is 1. The van der Waals surface area contributed by atoms with Gasteiger partial charge in [0.2, 0.25) is 0 Å². The van der Waals surface area contributed by atoms with Crippen LogP contribution in [-0.2, 0) is 4.79 Å². The predicted octanol–water partition coefficient (Wildman–Crippen LogP) is -0.124. The van der Waals surface area contributed by atoms with Crippen molar-refractivity contribution < 1.29 is 9.90 Å². The van der Waals surface area contributed by atoms with Gasteiger partial charge in [-0.05, 0) is 0 Å². The van der Waals surface area contributed by atoms with Crippen LogP contribution in [0.3, 0.4) is 0 Å². The normalized spacial score (nSPS) is 5.33. The molecular weight excluding hydrogens is 95.0 g/mol. The van der Waals surface area contributed by atoms with Gasteiger partial charge in [0.05, 0.1) is 0 Å². The first-order valence-corrected chi connectivity index (χ1v) is 1.12. The number of carbonyl (C=O) groups is 1. The highest BCUT2D eigenvalue weighted by Crippen LogP contribution is 1.54. The van der Waals surface area contributed by atoms with Gasteiger partial charge >= 0.3 is 5.97 Å². The molecule has 0 fully saturated rings. The number of carboxylic acids is 1. The van der Waals surface area contributed by atoms with Gasteiger partial charge in [-0.3, -0.25) is 0 Å². The van der Waals surface area contributed by atoms with Crippen molar-refractivity contribution in [1.82, 2.24) is 0 Å². The summed E-state index contributed by atoms with van der Waals surface area (Å²) in [6, 6.07) is 0. The maximum atomic E-state index is 9.25. The van der Waals surface area contributed by atoms with Crippen LogP contribution in [0.5, 0.6) is 0 Å². The van der Waals surface area contributed by atoms with E-state index in [1.807, 2.05) is 0 Å². The minimum Gasteiger partial charge on any atom is -0.478 e. The third-order valence-corrected chi connectivity index (χ3v) is 0.175. The lowest BCUT2D eigenvalue weighted by Gasteiger charge is -1.64. The summed E-state index contributed by atoms with van der Waals surface area (Å²) in [7, 11) is 0. The van der Waals surface area contributed by atoms with Crippen molar-refractivity contribution >= 4 is 23.3 Å². The highest BCUT2D eigenvalue weighted by atomic mass is 27.0. The van der Waals surface area contributed by atoms with E-state index in [1.165, 1.54) is 0 Å². The van der Waals surface area contributed by atoms with Crippen LogP contribution < -0.4 is 0 Å². The number of rotatable bonds is 1. The van der Waals surface area contributed by atoms with Crippen molar-refractivity contribution in [3.8, 4) is 0 Å². The van der Waals surface area contributed by atoms with Gasteiger partial charge in [0.25, 0.3) is 0 Å². The quantitative estimate of drug-likeness (QED) is 0.367. The van der Waals surface area contributed by atoms with Gasteiger partial charge in [0, 0.05) is 23.4 Å². The Bertz CT molecular complexity index is 59.8. The van der Waals surface area contributed by atoms with Gasteiger partial charge in [0.1, 0.15) is 0 Å². The molecular formula is C3H4AlO2. The molecule has 31 valence electrons. The number of carboxylic acid groups (broad SMARTS) is 1. The highest BCUT2D eigenvalue weighted by molar-refractivity contribution is 5.78. The Morgan fingerprint density at radius 2 is 2.00 bits per heavy atom. The van der Waals surface area contributed by atoms with Crippen molar-refractivity contribution in [3.05, 3.63) is 12.7 Å². The molecule has 6 heavy (non-hydrogen) atoms. The summed E-state index contributed by atoms with van der Waals surface area (Å²) < 4.78 is 0. The molecule has 0 unspecified atom stereocenters.